The molecule has 11 nitrogen and oxygen atoms in total. The summed E-state index contributed by atoms with van der Waals surface area (Å²) < 4.78 is 10.9. The van der Waals surface area contributed by atoms with Gasteiger partial charge >= 0.3 is 0 Å². The number of nitrogen functional groups attached to an aromatic ring is 2. The fourth-order valence-electron chi connectivity index (χ4n) is 4.33. The van der Waals surface area contributed by atoms with E-state index in [1.54, 1.807) is 12.7 Å². The largest absolute Gasteiger partial charge is 0.455 e. The van der Waals surface area contributed by atoms with Crippen molar-refractivity contribution in [1.82, 2.24) is 39.0 Å². The van der Waals surface area contributed by atoms with E-state index < -0.39 is 16.6 Å². The number of imidazole rings is 2. The first-order chi connectivity index (χ1) is 15.7. The molecule has 0 bridgehead atoms. The van der Waals surface area contributed by atoms with E-state index >= 15 is 0 Å². The first-order valence-electron chi connectivity index (χ1n) is 11.2. The lowest BCUT2D eigenvalue weighted by Crippen LogP contribution is -2.44. The molecule has 33 heavy (non-hydrogen) atoms. The van der Waals surface area contributed by atoms with Gasteiger partial charge in [-0.25, -0.2) is 29.9 Å². The highest BCUT2D eigenvalue weighted by atomic mass is 28.4. The van der Waals surface area contributed by atoms with Crippen LogP contribution in [0.4, 0.5) is 11.6 Å². The van der Waals surface area contributed by atoms with Gasteiger partial charge in [0.05, 0.1) is 12.7 Å². The zero-order chi connectivity index (χ0) is 23.6. The molecule has 4 aromatic rings. The monoisotopic (exact) mass is 484 g/mol. The van der Waals surface area contributed by atoms with Gasteiger partial charge in [-0.05, 0) is 51.1 Å². The van der Waals surface area contributed by atoms with Crippen LogP contribution in [-0.2, 0) is 17.2 Å². The summed E-state index contributed by atoms with van der Waals surface area (Å²) in [4.78, 5) is 25.4. The van der Waals surface area contributed by atoms with Crippen molar-refractivity contribution < 1.29 is 4.12 Å². The van der Waals surface area contributed by atoms with Crippen LogP contribution in [0.2, 0.25) is 38.3 Å². The number of nitrogens with zero attached hydrogens (tertiary/aromatic N) is 8. The molecule has 0 radical (unpaired) electrons. The molecular formula is C20H32N10OSi2. The molecule has 0 aliphatic carbocycles. The molecule has 0 spiro atoms. The molecule has 4 heterocycles. The van der Waals surface area contributed by atoms with Crippen molar-refractivity contribution in [2.24, 2.45) is 0 Å². The first kappa shape index (κ1) is 23.3. The Morgan fingerprint density at radius 1 is 0.697 bits per heavy atom. The highest BCUT2D eigenvalue weighted by Crippen LogP contribution is 2.25. The standard InChI is InChI=1S/C20H32N10OSi2/c1-32(2,9-5-7-29-13-27-15-17(21)23-11-25-19(15)29)31-33(3,4)10-6-8-30-14-28-16-18(22)24-12-26-20(16)30/h11-14H,5-10H2,1-4H3,(H2,21,23,25)(H2,22,24,26). The normalized spacial score (nSPS) is 12.7. The van der Waals surface area contributed by atoms with Crippen LogP contribution in [0.3, 0.4) is 0 Å². The second-order valence-corrected chi connectivity index (χ2v) is 18.4. The lowest BCUT2D eigenvalue weighted by molar-refractivity contribution is 0.520. The summed E-state index contributed by atoms with van der Waals surface area (Å²) in [7, 11) is -3.61. The number of hydrogen-bond donors (Lipinski definition) is 2. The summed E-state index contributed by atoms with van der Waals surface area (Å²) in [5, 5.41) is 0. The molecule has 0 fully saturated rings. The Bertz CT molecular complexity index is 1160. The molecule has 0 unspecified atom stereocenters. The third kappa shape index (κ3) is 5.36. The van der Waals surface area contributed by atoms with Crippen molar-refractivity contribution in [2.45, 2.75) is 64.2 Å². The maximum Gasteiger partial charge on any atom is 0.173 e. The second kappa shape index (κ2) is 9.15. The average molecular weight is 485 g/mol. The molecule has 0 saturated carbocycles. The van der Waals surface area contributed by atoms with Gasteiger partial charge in [0.25, 0.3) is 0 Å². The first-order valence-corrected chi connectivity index (χ1v) is 17.4. The quantitative estimate of drug-likeness (QED) is 0.324. The van der Waals surface area contributed by atoms with Crippen LogP contribution in [0, 0.1) is 0 Å². The molecule has 0 aliphatic heterocycles. The van der Waals surface area contributed by atoms with Crippen LogP contribution in [0.25, 0.3) is 22.3 Å². The molecule has 4 N–H and O–H groups in total. The molecule has 0 atom stereocenters. The van der Waals surface area contributed by atoms with Gasteiger partial charge < -0.3 is 24.7 Å². The zero-order valence-electron chi connectivity index (χ0n) is 19.7. The zero-order valence-corrected chi connectivity index (χ0v) is 21.7. The molecule has 4 rings (SSSR count). The summed E-state index contributed by atoms with van der Waals surface area (Å²) >= 11 is 0. The number of hydrogen-bond acceptors (Lipinski definition) is 9. The molecule has 4 aromatic heterocycles. The smallest absolute Gasteiger partial charge is 0.173 e. The Hall–Kier alpha value is -2.91. The SMILES string of the molecule is C[Si](C)(CCCn1cnc2c(N)ncnc21)O[Si](C)(C)CCCn1cnc2c(N)ncnc21. The van der Waals surface area contributed by atoms with Gasteiger partial charge in [-0.15, -0.1) is 0 Å². The van der Waals surface area contributed by atoms with Crippen LogP contribution in [0.1, 0.15) is 12.8 Å². The topological polar surface area (TPSA) is 148 Å². The van der Waals surface area contributed by atoms with Gasteiger partial charge in [-0.3, -0.25) is 0 Å². The predicted molar refractivity (Wildman–Crippen MR) is 134 cm³/mol. The fraction of sp³-hybridized carbons (Fsp3) is 0.500. The lowest BCUT2D eigenvalue weighted by Gasteiger charge is -2.34. The third-order valence-electron chi connectivity index (χ3n) is 5.77. The van der Waals surface area contributed by atoms with E-state index in [2.05, 4.69) is 56.1 Å². The highest BCUT2D eigenvalue weighted by Gasteiger charge is 2.32. The number of aromatic nitrogens is 8. The molecule has 176 valence electrons. The predicted octanol–water partition coefficient (Wildman–Crippen LogP) is 3.04. The van der Waals surface area contributed by atoms with E-state index in [1.165, 1.54) is 12.7 Å². The minimum absolute atomic E-state index is 0.421. The number of rotatable bonds is 10. The van der Waals surface area contributed by atoms with Crippen LogP contribution in [0.5, 0.6) is 0 Å². The van der Waals surface area contributed by atoms with Crippen molar-refractivity contribution >= 4 is 50.6 Å². The van der Waals surface area contributed by atoms with Gasteiger partial charge in [0, 0.05) is 13.1 Å². The highest BCUT2D eigenvalue weighted by molar-refractivity contribution is 6.84. The fourth-order valence-corrected chi connectivity index (χ4v) is 13.1. The Morgan fingerprint density at radius 3 is 1.55 bits per heavy atom. The number of nitrogens with two attached hydrogens (primary N) is 2. The lowest BCUT2D eigenvalue weighted by atomic mass is 10.4. The van der Waals surface area contributed by atoms with Gasteiger partial charge in [-0.1, -0.05) is 0 Å². The maximum atomic E-state index is 6.81. The van der Waals surface area contributed by atoms with Crippen LogP contribution >= 0.6 is 0 Å². The molecule has 0 aromatic carbocycles. The van der Waals surface area contributed by atoms with E-state index in [9.17, 15) is 0 Å². The van der Waals surface area contributed by atoms with Crippen LogP contribution in [-0.4, -0.2) is 55.7 Å². The number of anilines is 2. The van der Waals surface area contributed by atoms with Crippen LogP contribution in [0.15, 0.2) is 25.3 Å². The molecule has 0 amide bonds. The molecule has 0 saturated heterocycles. The van der Waals surface area contributed by atoms with E-state index in [1.807, 2.05) is 9.13 Å². The molecular weight excluding hydrogens is 452 g/mol. The second-order valence-electron chi connectivity index (χ2n) is 9.57. The van der Waals surface area contributed by atoms with Gasteiger partial charge in [-0.2, -0.15) is 0 Å². The third-order valence-corrected chi connectivity index (χ3v) is 13.3. The van der Waals surface area contributed by atoms with Crippen molar-refractivity contribution in [3.8, 4) is 0 Å². The van der Waals surface area contributed by atoms with Crippen molar-refractivity contribution in [2.75, 3.05) is 11.5 Å². The number of aryl methyl sites for hydroxylation is 2. The van der Waals surface area contributed by atoms with Crippen molar-refractivity contribution in [3.05, 3.63) is 25.3 Å². The number of fused-ring (bicyclic) bond motifs is 2. The Labute approximate surface area is 194 Å². The van der Waals surface area contributed by atoms with Crippen molar-refractivity contribution in [3.63, 3.8) is 0 Å². The van der Waals surface area contributed by atoms with E-state index in [-0.39, 0.29) is 0 Å². The Kier molecular flexibility index (Phi) is 6.45. The molecule has 13 heteroatoms. The van der Waals surface area contributed by atoms with Crippen LogP contribution < -0.4 is 11.5 Å². The van der Waals surface area contributed by atoms with E-state index in [0.717, 1.165) is 49.3 Å². The summed E-state index contributed by atoms with van der Waals surface area (Å²) in [5.74, 6) is 0.841. The van der Waals surface area contributed by atoms with E-state index in [4.69, 9.17) is 15.6 Å². The molecule has 0 aliphatic rings. The summed E-state index contributed by atoms with van der Waals surface area (Å²) in [6, 6.07) is 2.15. The Morgan fingerprint density at radius 2 is 1.12 bits per heavy atom. The van der Waals surface area contributed by atoms with Gasteiger partial charge in [0.2, 0.25) is 0 Å². The maximum absolute atomic E-state index is 6.81. The van der Waals surface area contributed by atoms with Crippen molar-refractivity contribution in [1.29, 1.82) is 0 Å². The Balaban J connectivity index is 1.28. The minimum Gasteiger partial charge on any atom is -0.455 e. The summed E-state index contributed by atoms with van der Waals surface area (Å²) in [6.07, 6.45) is 8.59. The van der Waals surface area contributed by atoms with Gasteiger partial charge in [0.1, 0.15) is 23.7 Å². The summed E-state index contributed by atoms with van der Waals surface area (Å²) in [6.45, 7) is 10.9. The summed E-state index contributed by atoms with van der Waals surface area (Å²) in [5.41, 5.74) is 14.7. The van der Waals surface area contributed by atoms with E-state index in [0.29, 0.717) is 22.7 Å². The van der Waals surface area contributed by atoms with Gasteiger partial charge in [0.15, 0.2) is 39.6 Å². The minimum atomic E-state index is -1.80. The average Bonchev–Trinajstić information content (AvgIpc) is 3.33.